The van der Waals surface area contributed by atoms with Gasteiger partial charge in [-0.15, -0.1) is 11.3 Å². The molecule has 0 fully saturated rings. The zero-order valence-electron chi connectivity index (χ0n) is 9.66. The van der Waals surface area contributed by atoms with E-state index in [0.29, 0.717) is 0 Å². The average Bonchev–Trinajstić information content (AvgIpc) is 2.63. The highest BCUT2D eigenvalue weighted by Crippen LogP contribution is 2.26. The SMILES string of the molecule is CC(NC(=O)[C@H](N)C(C)C)c1ccc(Cl)s1. The van der Waals surface area contributed by atoms with Crippen LogP contribution < -0.4 is 11.1 Å². The molecule has 0 saturated heterocycles. The van der Waals surface area contributed by atoms with Gasteiger partial charge in [0.15, 0.2) is 0 Å². The van der Waals surface area contributed by atoms with Crippen molar-refractivity contribution in [1.29, 1.82) is 0 Å². The molecule has 0 spiro atoms. The molecule has 3 N–H and O–H groups in total. The zero-order valence-corrected chi connectivity index (χ0v) is 11.2. The monoisotopic (exact) mass is 260 g/mol. The van der Waals surface area contributed by atoms with Crippen molar-refractivity contribution < 1.29 is 4.79 Å². The summed E-state index contributed by atoms with van der Waals surface area (Å²) in [6.07, 6.45) is 0. The number of rotatable bonds is 4. The van der Waals surface area contributed by atoms with Gasteiger partial charge >= 0.3 is 0 Å². The lowest BCUT2D eigenvalue weighted by atomic mass is 10.0. The second kappa shape index (κ2) is 5.66. The Morgan fingerprint density at radius 2 is 2.06 bits per heavy atom. The van der Waals surface area contributed by atoms with E-state index in [4.69, 9.17) is 17.3 Å². The van der Waals surface area contributed by atoms with Gasteiger partial charge in [-0.1, -0.05) is 25.4 Å². The number of hydrogen-bond donors (Lipinski definition) is 2. The minimum Gasteiger partial charge on any atom is -0.347 e. The van der Waals surface area contributed by atoms with Gasteiger partial charge in [-0.2, -0.15) is 0 Å². The molecule has 3 nitrogen and oxygen atoms in total. The molecule has 1 heterocycles. The van der Waals surface area contributed by atoms with Crippen molar-refractivity contribution >= 4 is 28.8 Å². The third-order valence-corrected chi connectivity index (χ3v) is 3.81. The van der Waals surface area contributed by atoms with Crippen LogP contribution in [-0.2, 0) is 4.79 Å². The number of hydrogen-bond acceptors (Lipinski definition) is 3. The van der Waals surface area contributed by atoms with Crippen LogP contribution in [0.2, 0.25) is 4.34 Å². The molecule has 2 atom stereocenters. The quantitative estimate of drug-likeness (QED) is 0.874. The van der Waals surface area contributed by atoms with Crippen molar-refractivity contribution in [1.82, 2.24) is 5.32 Å². The molecule has 1 aromatic heterocycles. The predicted octanol–water partition coefficient (Wildman–Crippen LogP) is 2.56. The lowest BCUT2D eigenvalue weighted by molar-refractivity contribution is -0.123. The van der Waals surface area contributed by atoms with Crippen molar-refractivity contribution in [2.45, 2.75) is 32.9 Å². The van der Waals surface area contributed by atoms with Crippen LogP contribution in [0.1, 0.15) is 31.7 Å². The molecule has 0 aliphatic heterocycles. The normalized spacial score (nSPS) is 14.9. The Labute approximate surface area is 105 Å². The lowest BCUT2D eigenvalue weighted by Gasteiger charge is -2.18. The second-order valence-corrected chi connectivity index (χ2v) is 5.89. The summed E-state index contributed by atoms with van der Waals surface area (Å²) in [5.41, 5.74) is 5.76. The number of halogens is 1. The van der Waals surface area contributed by atoms with Gasteiger partial charge in [0.25, 0.3) is 0 Å². The number of nitrogens with two attached hydrogens (primary N) is 1. The van der Waals surface area contributed by atoms with Gasteiger partial charge in [0.1, 0.15) is 0 Å². The maximum absolute atomic E-state index is 11.7. The maximum atomic E-state index is 11.7. The van der Waals surface area contributed by atoms with Gasteiger partial charge in [0.05, 0.1) is 16.4 Å². The summed E-state index contributed by atoms with van der Waals surface area (Å²) in [5, 5.41) is 2.88. The molecular weight excluding hydrogens is 244 g/mol. The van der Waals surface area contributed by atoms with Gasteiger partial charge in [-0.3, -0.25) is 4.79 Å². The Morgan fingerprint density at radius 3 is 2.50 bits per heavy atom. The summed E-state index contributed by atoms with van der Waals surface area (Å²) in [4.78, 5) is 12.7. The van der Waals surface area contributed by atoms with Crippen LogP contribution in [0.5, 0.6) is 0 Å². The zero-order chi connectivity index (χ0) is 12.3. The first-order chi connectivity index (χ1) is 7.41. The largest absolute Gasteiger partial charge is 0.347 e. The molecule has 0 radical (unpaired) electrons. The molecule has 0 aromatic carbocycles. The Morgan fingerprint density at radius 1 is 1.44 bits per heavy atom. The van der Waals surface area contributed by atoms with Crippen LogP contribution in [0, 0.1) is 5.92 Å². The summed E-state index contributed by atoms with van der Waals surface area (Å²) in [6, 6.07) is 3.23. The predicted molar refractivity (Wildman–Crippen MR) is 68.7 cm³/mol. The van der Waals surface area contributed by atoms with E-state index in [0.717, 1.165) is 9.21 Å². The smallest absolute Gasteiger partial charge is 0.237 e. The van der Waals surface area contributed by atoms with Crippen LogP contribution in [0.3, 0.4) is 0 Å². The van der Waals surface area contributed by atoms with Crippen molar-refractivity contribution in [2.75, 3.05) is 0 Å². The highest BCUT2D eigenvalue weighted by atomic mass is 35.5. The highest BCUT2D eigenvalue weighted by molar-refractivity contribution is 7.16. The Bertz CT molecular complexity index is 365. The van der Waals surface area contributed by atoms with Gasteiger partial charge < -0.3 is 11.1 Å². The minimum absolute atomic E-state index is 0.0465. The molecule has 1 amide bonds. The van der Waals surface area contributed by atoms with Gasteiger partial charge in [0.2, 0.25) is 5.91 Å². The average molecular weight is 261 g/mol. The first-order valence-electron chi connectivity index (χ1n) is 5.23. The molecule has 1 aromatic rings. The van der Waals surface area contributed by atoms with E-state index in [1.165, 1.54) is 11.3 Å². The van der Waals surface area contributed by atoms with Crippen LogP contribution >= 0.6 is 22.9 Å². The number of amides is 1. The summed E-state index contributed by atoms with van der Waals surface area (Å²) < 4.78 is 0.726. The third kappa shape index (κ3) is 3.47. The molecule has 90 valence electrons. The molecule has 0 aliphatic carbocycles. The third-order valence-electron chi connectivity index (χ3n) is 2.40. The maximum Gasteiger partial charge on any atom is 0.237 e. The first-order valence-corrected chi connectivity index (χ1v) is 6.42. The molecule has 0 bridgehead atoms. The lowest BCUT2D eigenvalue weighted by Crippen LogP contribution is -2.44. The van der Waals surface area contributed by atoms with Gasteiger partial charge in [-0.25, -0.2) is 0 Å². The molecule has 5 heteroatoms. The summed E-state index contributed by atoms with van der Waals surface area (Å²) in [6.45, 7) is 5.78. The number of thiophene rings is 1. The highest BCUT2D eigenvalue weighted by Gasteiger charge is 2.19. The molecule has 16 heavy (non-hydrogen) atoms. The number of carbonyl (C=O) groups excluding carboxylic acids is 1. The standard InChI is InChI=1S/C11H17ClN2OS/c1-6(2)10(13)11(15)14-7(3)8-4-5-9(12)16-8/h4-7,10H,13H2,1-3H3,(H,14,15)/t7?,10-/m1/s1. The van der Waals surface area contributed by atoms with Crippen molar-refractivity contribution in [3.8, 4) is 0 Å². The Hall–Kier alpha value is -0.580. The summed E-state index contributed by atoms with van der Waals surface area (Å²) in [7, 11) is 0. The summed E-state index contributed by atoms with van der Waals surface area (Å²) in [5.74, 6) is 0.0196. The molecule has 1 unspecified atom stereocenters. The molecular formula is C11H17ClN2OS. The van der Waals surface area contributed by atoms with Crippen LogP contribution in [0.4, 0.5) is 0 Å². The van der Waals surface area contributed by atoms with Crippen molar-refractivity contribution in [3.63, 3.8) is 0 Å². The van der Waals surface area contributed by atoms with Crippen LogP contribution in [-0.4, -0.2) is 11.9 Å². The summed E-state index contributed by atoms with van der Waals surface area (Å²) >= 11 is 7.30. The minimum atomic E-state index is -0.460. The topological polar surface area (TPSA) is 55.1 Å². The fourth-order valence-electron chi connectivity index (χ4n) is 1.24. The Kier molecular flexibility index (Phi) is 4.77. The van der Waals surface area contributed by atoms with E-state index in [-0.39, 0.29) is 17.9 Å². The number of carbonyl (C=O) groups is 1. The Balaban J connectivity index is 2.58. The fraction of sp³-hybridized carbons (Fsp3) is 0.545. The van der Waals surface area contributed by atoms with E-state index in [1.807, 2.05) is 32.9 Å². The van der Waals surface area contributed by atoms with E-state index in [2.05, 4.69) is 5.32 Å². The second-order valence-electron chi connectivity index (χ2n) is 4.14. The molecule has 0 aliphatic rings. The van der Waals surface area contributed by atoms with E-state index >= 15 is 0 Å². The van der Waals surface area contributed by atoms with Crippen molar-refractivity contribution in [2.24, 2.45) is 11.7 Å². The molecule has 0 saturated carbocycles. The van der Waals surface area contributed by atoms with E-state index < -0.39 is 6.04 Å². The first kappa shape index (κ1) is 13.5. The molecule has 1 rings (SSSR count). The van der Waals surface area contributed by atoms with Crippen LogP contribution in [0.25, 0.3) is 0 Å². The van der Waals surface area contributed by atoms with Gasteiger partial charge in [-0.05, 0) is 25.0 Å². The van der Waals surface area contributed by atoms with E-state index in [1.54, 1.807) is 0 Å². The van der Waals surface area contributed by atoms with Gasteiger partial charge in [0, 0.05) is 4.88 Å². The van der Waals surface area contributed by atoms with E-state index in [9.17, 15) is 4.79 Å². The number of nitrogens with one attached hydrogen (secondary N) is 1. The van der Waals surface area contributed by atoms with Crippen LogP contribution in [0.15, 0.2) is 12.1 Å². The van der Waals surface area contributed by atoms with Crippen molar-refractivity contribution in [3.05, 3.63) is 21.3 Å². The fourth-order valence-corrected chi connectivity index (χ4v) is 2.31.